The van der Waals surface area contributed by atoms with Crippen LogP contribution in [0.1, 0.15) is 122 Å². The van der Waals surface area contributed by atoms with Gasteiger partial charge in [0.25, 0.3) is 5.92 Å². The van der Waals surface area contributed by atoms with Crippen molar-refractivity contribution in [3.63, 3.8) is 0 Å². The molecule has 0 aliphatic heterocycles. The lowest BCUT2D eigenvalue weighted by Crippen LogP contribution is -2.29. The second-order valence-electron chi connectivity index (χ2n) is 7.91. The summed E-state index contributed by atoms with van der Waals surface area (Å²) < 4.78 is 28.1. The Balaban J connectivity index is 1.92. The summed E-state index contributed by atoms with van der Waals surface area (Å²) in [6.45, 7) is 2.26. The molecule has 0 heterocycles. The van der Waals surface area contributed by atoms with Gasteiger partial charge < -0.3 is 0 Å². The highest BCUT2D eigenvalue weighted by Gasteiger charge is 2.38. The Morgan fingerprint density at radius 1 is 0.720 bits per heavy atom. The molecule has 25 heavy (non-hydrogen) atoms. The van der Waals surface area contributed by atoms with Crippen LogP contribution in [0.4, 0.5) is 8.78 Å². The van der Waals surface area contributed by atoms with Gasteiger partial charge in [0.15, 0.2) is 0 Å². The predicted molar refractivity (Wildman–Crippen MR) is 105 cm³/mol. The molecule has 0 atom stereocenters. The Labute approximate surface area is 155 Å². The molecule has 1 rings (SSSR count). The number of rotatable bonds is 13. The molecule has 0 radical (unpaired) electrons. The molecule has 0 unspecified atom stereocenters. The number of halogens is 2. The third-order valence-corrected chi connectivity index (χ3v) is 5.56. The number of hydrogen-bond donors (Lipinski definition) is 0. The third kappa shape index (κ3) is 11.6. The largest absolute Gasteiger partial charge is 0.261 e. The highest BCUT2D eigenvalue weighted by molar-refractivity contribution is 5.03. The van der Waals surface area contributed by atoms with Crippen molar-refractivity contribution in [3.05, 3.63) is 0 Å². The zero-order valence-electron chi connectivity index (χ0n) is 16.6. The predicted octanol–water partition coefficient (Wildman–Crippen LogP) is 8.30. The molecule has 0 saturated heterocycles. The SMILES string of the molecule is CCCCCCCCCCCCCC#CCC(F)(F)C1CCCCC1. The van der Waals surface area contributed by atoms with Gasteiger partial charge in [-0.05, 0) is 19.3 Å². The summed E-state index contributed by atoms with van der Waals surface area (Å²) in [7, 11) is 0. The average Bonchev–Trinajstić information content (AvgIpc) is 2.63. The van der Waals surface area contributed by atoms with Crippen molar-refractivity contribution >= 4 is 0 Å². The summed E-state index contributed by atoms with van der Waals surface area (Å²) in [5.41, 5.74) is 0. The summed E-state index contributed by atoms with van der Waals surface area (Å²) in [5.74, 6) is 2.76. The van der Waals surface area contributed by atoms with Crippen LogP contribution in [0.15, 0.2) is 0 Å². The number of hydrogen-bond acceptors (Lipinski definition) is 0. The molecule has 0 nitrogen and oxygen atoms in total. The molecule has 0 amide bonds. The molecule has 1 aliphatic carbocycles. The topological polar surface area (TPSA) is 0 Å². The van der Waals surface area contributed by atoms with Crippen LogP contribution in [0.5, 0.6) is 0 Å². The van der Waals surface area contributed by atoms with E-state index in [9.17, 15) is 8.78 Å². The van der Waals surface area contributed by atoms with Crippen molar-refractivity contribution in [1.82, 2.24) is 0 Å². The van der Waals surface area contributed by atoms with E-state index in [0.29, 0.717) is 12.8 Å². The minimum absolute atomic E-state index is 0.226. The second-order valence-corrected chi connectivity index (χ2v) is 7.91. The zero-order valence-corrected chi connectivity index (χ0v) is 16.6. The Morgan fingerprint density at radius 3 is 1.80 bits per heavy atom. The van der Waals surface area contributed by atoms with Crippen LogP contribution >= 0.6 is 0 Å². The molecule has 0 spiro atoms. The molecule has 0 aromatic rings. The van der Waals surface area contributed by atoms with Crippen molar-refractivity contribution in [1.29, 1.82) is 0 Å². The van der Waals surface area contributed by atoms with E-state index in [0.717, 1.165) is 32.1 Å². The highest BCUT2D eigenvalue weighted by Crippen LogP contribution is 2.38. The van der Waals surface area contributed by atoms with Crippen LogP contribution in [0.25, 0.3) is 0 Å². The standard InChI is InChI=1S/C23H40F2/c1-2-3-4-5-6-7-8-9-10-11-12-13-14-18-21-23(24,25)22-19-16-15-17-20-22/h22H,2-13,15-17,19-21H2,1H3. The van der Waals surface area contributed by atoms with Crippen LogP contribution in [-0.4, -0.2) is 5.92 Å². The van der Waals surface area contributed by atoms with Gasteiger partial charge in [0.05, 0.1) is 6.42 Å². The van der Waals surface area contributed by atoms with Crippen molar-refractivity contribution in [2.24, 2.45) is 5.92 Å². The fourth-order valence-corrected chi connectivity index (χ4v) is 3.82. The molecule has 1 saturated carbocycles. The molecule has 0 N–H and O–H groups in total. The van der Waals surface area contributed by atoms with Gasteiger partial charge in [-0.25, -0.2) is 8.78 Å². The Bertz CT molecular complexity index is 358. The van der Waals surface area contributed by atoms with Gasteiger partial charge in [0, 0.05) is 12.3 Å². The van der Waals surface area contributed by atoms with Crippen molar-refractivity contribution in [3.8, 4) is 11.8 Å². The maximum absolute atomic E-state index is 14.1. The maximum Gasteiger partial charge on any atom is 0.261 e. The minimum atomic E-state index is -2.56. The van der Waals surface area contributed by atoms with Gasteiger partial charge in [-0.2, -0.15) is 0 Å². The van der Waals surface area contributed by atoms with Crippen molar-refractivity contribution in [2.75, 3.05) is 0 Å². The lowest BCUT2D eigenvalue weighted by Gasteiger charge is -2.28. The van der Waals surface area contributed by atoms with E-state index in [4.69, 9.17) is 0 Å². The van der Waals surface area contributed by atoms with Crippen LogP contribution < -0.4 is 0 Å². The number of unbranched alkanes of at least 4 members (excludes halogenated alkanes) is 11. The molecule has 2 heteroatoms. The fraction of sp³-hybridized carbons (Fsp3) is 0.913. The lowest BCUT2D eigenvalue weighted by atomic mass is 9.83. The zero-order chi connectivity index (χ0) is 18.2. The second kappa shape index (κ2) is 14.6. The van der Waals surface area contributed by atoms with Crippen molar-refractivity contribution in [2.45, 2.75) is 128 Å². The molecular formula is C23H40F2. The number of alkyl halides is 2. The normalized spacial score (nSPS) is 15.8. The Morgan fingerprint density at radius 2 is 1.24 bits per heavy atom. The van der Waals surface area contributed by atoms with E-state index >= 15 is 0 Å². The molecule has 1 aliphatic rings. The van der Waals surface area contributed by atoms with Crippen LogP contribution in [0.2, 0.25) is 0 Å². The molecule has 0 bridgehead atoms. The van der Waals surface area contributed by atoms with Crippen LogP contribution in [-0.2, 0) is 0 Å². The Hall–Kier alpha value is -0.580. The quantitative estimate of drug-likeness (QED) is 0.230. The first kappa shape index (κ1) is 22.5. The van der Waals surface area contributed by atoms with E-state index in [1.165, 1.54) is 64.2 Å². The molecular weight excluding hydrogens is 314 g/mol. The van der Waals surface area contributed by atoms with E-state index in [1.54, 1.807) is 0 Å². The van der Waals surface area contributed by atoms with Gasteiger partial charge >= 0.3 is 0 Å². The first-order valence-electron chi connectivity index (χ1n) is 11.0. The fourth-order valence-electron chi connectivity index (χ4n) is 3.82. The lowest BCUT2D eigenvalue weighted by molar-refractivity contribution is -0.0658. The maximum atomic E-state index is 14.1. The Kier molecular flexibility index (Phi) is 13.1. The van der Waals surface area contributed by atoms with Crippen LogP contribution in [0.3, 0.4) is 0 Å². The van der Waals surface area contributed by atoms with E-state index in [-0.39, 0.29) is 6.42 Å². The molecule has 0 aromatic heterocycles. The van der Waals surface area contributed by atoms with E-state index in [2.05, 4.69) is 18.8 Å². The van der Waals surface area contributed by atoms with E-state index in [1.807, 2.05) is 0 Å². The first-order chi connectivity index (χ1) is 12.2. The van der Waals surface area contributed by atoms with Crippen molar-refractivity contribution < 1.29 is 8.78 Å². The summed E-state index contributed by atoms with van der Waals surface area (Å²) in [6.07, 6.45) is 19.5. The highest BCUT2D eigenvalue weighted by atomic mass is 19.3. The third-order valence-electron chi connectivity index (χ3n) is 5.56. The monoisotopic (exact) mass is 354 g/mol. The van der Waals surface area contributed by atoms with E-state index < -0.39 is 11.8 Å². The summed E-state index contributed by atoms with van der Waals surface area (Å²) in [6, 6.07) is 0. The van der Waals surface area contributed by atoms with Gasteiger partial charge in [-0.3, -0.25) is 0 Å². The summed E-state index contributed by atoms with van der Waals surface area (Å²) in [4.78, 5) is 0. The minimum Gasteiger partial charge on any atom is -0.205 e. The summed E-state index contributed by atoms with van der Waals surface area (Å²) >= 11 is 0. The smallest absolute Gasteiger partial charge is 0.205 e. The summed E-state index contributed by atoms with van der Waals surface area (Å²) in [5, 5.41) is 0. The van der Waals surface area contributed by atoms with Gasteiger partial charge in [0.1, 0.15) is 0 Å². The average molecular weight is 355 g/mol. The first-order valence-corrected chi connectivity index (χ1v) is 11.0. The molecule has 1 fully saturated rings. The van der Waals surface area contributed by atoms with Gasteiger partial charge in [-0.1, -0.05) is 96.3 Å². The van der Waals surface area contributed by atoms with Crippen LogP contribution in [0, 0.1) is 17.8 Å². The van der Waals surface area contributed by atoms with Gasteiger partial charge in [-0.15, -0.1) is 5.92 Å². The molecule has 0 aromatic carbocycles. The molecule has 146 valence electrons. The van der Waals surface area contributed by atoms with Gasteiger partial charge in [0.2, 0.25) is 0 Å².